The van der Waals surface area contributed by atoms with E-state index >= 15 is 0 Å². The third-order valence-electron chi connectivity index (χ3n) is 4.66. The van der Waals surface area contributed by atoms with E-state index in [1.807, 2.05) is 16.7 Å². The maximum atomic E-state index is 12.2. The number of nitrogens with one attached hydrogen (secondary N) is 3. The summed E-state index contributed by atoms with van der Waals surface area (Å²) in [6.45, 7) is 0.616. The highest BCUT2D eigenvalue weighted by Crippen LogP contribution is 2.39. The van der Waals surface area contributed by atoms with Crippen molar-refractivity contribution >= 4 is 23.2 Å². The highest BCUT2D eigenvalue weighted by Gasteiger charge is 2.23. The Labute approximate surface area is 172 Å². The third kappa shape index (κ3) is 4.78. The average molecular weight is 410 g/mol. The van der Waals surface area contributed by atoms with E-state index in [9.17, 15) is 4.79 Å². The molecular formula is C20H20ClN7O. The fourth-order valence-corrected chi connectivity index (χ4v) is 3.19. The molecule has 0 bridgehead atoms. The predicted molar refractivity (Wildman–Crippen MR) is 108 cm³/mol. The van der Waals surface area contributed by atoms with Crippen LogP contribution in [0.5, 0.6) is 0 Å². The molecule has 4 rings (SSSR count). The number of pyridine rings is 2. The van der Waals surface area contributed by atoms with Crippen LogP contribution in [0.25, 0.3) is 5.65 Å². The summed E-state index contributed by atoms with van der Waals surface area (Å²) in [5, 5.41) is 9.51. The summed E-state index contributed by atoms with van der Waals surface area (Å²) in [4.78, 5) is 20.9. The standard InChI is InChI=1S/C20H20ClN7O/c21-15-5-6-24-16(7-15)9-25-20(29)18(27-22)10-23-8-17-12-28-11-14(13-1-2-13)3-4-19(28)26-17/h3-7,10-13,22-23H,1-2,8-9H2,(H,25,29)/b18-10-,27-22?. The number of carbonyl (C=O) groups is 1. The monoisotopic (exact) mass is 409 g/mol. The second-order valence-electron chi connectivity index (χ2n) is 6.90. The van der Waals surface area contributed by atoms with E-state index in [1.54, 1.807) is 18.3 Å². The summed E-state index contributed by atoms with van der Waals surface area (Å²) in [7, 11) is 0. The van der Waals surface area contributed by atoms with Gasteiger partial charge in [0.15, 0.2) is 5.70 Å². The maximum Gasteiger partial charge on any atom is 0.273 e. The predicted octanol–water partition coefficient (Wildman–Crippen LogP) is 3.54. The molecule has 0 aromatic carbocycles. The van der Waals surface area contributed by atoms with E-state index < -0.39 is 5.91 Å². The van der Waals surface area contributed by atoms with Crippen molar-refractivity contribution in [3.05, 3.63) is 76.7 Å². The van der Waals surface area contributed by atoms with Gasteiger partial charge in [-0.25, -0.2) is 10.5 Å². The molecule has 1 fully saturated rings. The number of rotatable bonds is 8. The molecule has 1 aliphatic rings. The zero-order valence-corrected chi connectivity index (χ0v) is 16.4. The van der Waals surface area contributed by atoms with Gasteiger partial charge >= 0.3 is 0 Å². The molecule has 1 saturated carbocycles. The Balaban J connectivity index is 1.34. The molecule has 9 heteroatoms. The molecule has 0 saturated heterocycles. The molecule has 0 radical (unpaired) electrons. The van der Waals surface area contributed by atoms with Crippen molar-refractivity contribution in [2.24, 2.45) is 5.11 Å². The van der Waals surface area contributed by atoms with E-state index in [1.165, 1.54) is 24.6 Å². The largest absolute Gasteiger partial charge is 0.383 e. The van der Waals surface area contributed by atoms with Crippen LogP contribution in [-0.4, -0.2) is 20.3 Å². The fraction of sp³-hybridized carbons (Fsp3) is 0.250. The molecule has 3 N–H and O–H groups in total. The van der Waals surface area contributed by atoms with Crippen molar-refractivity contribution in [3.63, 3.8) is 0 Å². The molecule has 29 heavy (non-hydrogen) atoms. The topological polar surface area (TPSA) is 108 Å². The lowest BCUT2D eigenvalue weighted by Gasteiger charge is -2.05. The van der Waals surface area contributed by atoms with Gasteiger partial charge in [-0.2, -0.15) is 5.11 Å². The van der Waals surface area contributed by atoms with E-state index in [4.69, 9.17) is 17.1 Å². The van der Waals surface area contributed by atoms with Gasteiger partial charge < -0.3 is 15.0 Å². The minimum Gasteiger partial charge on any atom is -0.383 e. The third-order valence-corrected chi connectivity index (χ3v) is 4.89. The molecule has 3 aromatic heterocycles. The first-order valence-electron chi connectivity index (χ1n) is 9.29. The van der Waals surface area contributed by atoms with Crippen molar-refractivity contribution in [3.8, 4) is 0 Å². The van der Waals surface area contributed by atoms with Gasteiger partial charge in [0, 0.05) is 29.8 Å². The number of aromatic nitrogens is 3. The van der Waals surface area contributed by atoms with Crippen LogP contribution < -0.4 is 10.6 Å². The Morgan fingerprint density at radius 1 is 1.28 bits per heavy atom. The molecule has 0 spiro atoms. The number of hydrogen-bond acceptors (Lipinski definition) is 6. The van der Waals surface area contributed by atoms with Gasteiger partial charge in [0.1, 0.15) is 5.65 Å². The second-order valence-corrected chi connectivity index (χ2v) is 7.34. The van der Waals surface area contributed by atoms with Crippen LogP contribution in [0.4, 0.5) is 0 Å². The summed E-state index contributed by atoms with van der Waals surface area (Å²) < 4.78 is 2.02. The van der Waals surface area contributed by atoms with Crippen molar-refractivity contribution < 1.29 is 4.79 Å². The molecule has 8 nitrogen and oxygen atoms in total. The SMILES string of the molecule is N=N/C(=C\NCc1cn2cc(C3CC3)ccc2n1)C(=O)NCc1cc(Cl)ccn1. The summed E-state index contributed by atoms with van der Waals surface area (Å²) in [6.07, 6.45) is 9.58. The quantitative estimate of drug-likeness (QED) is 0.390. The zero-order chi connectivity index (χ0) is 20.2. The summed E-state index contributed by atoms with van der Waals surface area (Å²) in [5.74, 6) is 0.214. The van der Waals surface area contributed by atoms with Crippen LogP contribution in [0.1, 0.15) is 35.7 Å². The summed E-state index contributed by atoms with van der Waals surface area (Å²) in [5.41, 5.74) is 10.9. The highest BCUT2D eigenvalue weighted by molar-refractivity contribution is 6.30. The fourth-order valence-electron chi connectivity index (χ4n) is 3.01. The van der Waals surface area contributed by atoms with Crippen molar-refractivity contribution in [2.45, 2.75) is 31.8 Å². The molecule has 3 aromatic rings. The van der Waals surface area contributed by atoms with Crippen LogP contribution in [-0.2, 0) is 17.9 Å². The van der Waals surface area contributed by atoms with Crippen molar-refractivity contribution in [1.29, 1.82) is 5.53 Å². The number of amides is 1. The Morgan fingerprint density at radius 2 is 2.14 bits per heavy atom. The van der Waals surface area contributed by atoms with Gasteiger partial charge in [0.05, 0.1) is 24.5 Å². The van der Waals surface area contributed by atoms with Gasteiger partial charge in [-0.3, -0.25) is 9.78 Å². The highest BCUT2D eigenvalue weighted by atomic mass is 35.5. The number of fused-ring (bicyclic) bond motifs is 1. The Bertz CT molecular complexity index is 1090. The van der Waals surface area contributed by atoms with E-state index in [0.717, 1.165) is 11.3 Å². The minimum absolute atomic E-state index is 0.0354. The molecule has 0 atom stereocenters. The van der Waals surface area contributed by atoms with Crippen LogP contribution in [0.2, 0.25) is 5.02 Å². The lowest BCUT2D eigenvalue weighted by atomic mass is 10.2. The molecule has 0 aliphatic heterocycles. The lowest BCUT2D eigenvalue weighted by molar-refractivity contribution is -0.117. The van der Waals surface area contributed by atoms with Crippen molar-refractivity contribution in [1.82, 2.24) is 25.0 Å². The van der Waals surface area contributed by atoms with Crippen LogP contribution in [0, 0.1) is 5.53 Å². The lowest BCUT2D eigenvalue weighted by Crippen LogP contribution is -2.25. The van der Waals surface area contributed by atoms with Crippen molar-refractivity contribution in [2.75, 3.05) is 0 Å². The smallest absolute Gasteiger partial charge is 0.273 e. The maximum absolute atomic E-state index is 12.2. The van der Waals surface area contributed by atoms with Gasteiger partial charge in [-0.05, 0) is 42.5 Å². The Kier molecular flexibility index (Phi) is 5.53. The second kappa shape index (κ2) is 8.40. The Morgan fingerprint density at radius 3 is 2.90 bits per heavy atom. The van der Waals surface area contributed by atoms with E-state index in [0.29, 0.717) is 23.2 Å². The first-order valence-corrected chi connectivity index (χ1v) is 9.67. The first kappa shape index (κ1) is 19.1. The number of hydrogen-bond donors (Lipinski definition) is 3. The Hall–Kier alpha value is -3.26. The molecule has 0 unspecified atom stereocenters. The number of carbonyl (C=O) groups excluding carboxylic acids is 1. The molecule has 148 valence electrons. The van der Waals surface area contributed by atoms with Gasteiger partial charge in [-0.1, -0.05) is 17.7 Å². The van der Waals surface area contributed by atoms with Crippen LogP contribution in [0.15, 0.2) is 59.9 Å². The van der Waals surface area contributed by atoms with E-state index in [-0.39, 0.29) is 12.2 Å². The first-order chi connectivity index (χ1) is 14.1. The van der Waals surface area contributed by atoms with Gasteiger partial charge in [-0.15, -0.1) is 0 Å². The zero-order valence-electron chi connectivity index (χ0n) is 15.6. The van der Waals surface area contributed by atoms with E-state index in [2.05, 4.69) is 38.0 Å². The molecule has 1 aliphatic carbocycles. The normalized spacial score (nSPS) is 14.0. The van der Waals surface area contributed by atoms with Gasteiger partial charge in [0.2, 0.25) is 0 Å². The molecule has 1 amide bonds. The van der Waals surface area contributed by atoms with Crippen LogP contribution in [0.3, 0.4) is 0 Å². The number of halogens is 1. The minimum atomic E-state index is -0.474. The van der Waals surface area contributed by atoms with Crippen LogP contribution >= 0.6 is 11.6 Å². The summed E-state index contributed by atoms with van der Waals surface area (Å²) >= 11 is 5.90. The number of nitrogens with zero attached hydrogens (tertiary/aromatic N) is 4. The summed E-state index contributed by atoms with van der Waals surface area (Å²) in [6, 6.07) is 7.48. The number of imidazole rings is 1. The molecular weight excluding hydrogens is 390 g/mol. The van der Waals surface area contributed by atoms with Gasteiger partial charge in [0.25, 0.3) is 5.91 Å². The molecule has 3 heterocycles. The average Bonchev–Trinajstić information content (AvgIpc) is 3.49.